The molecule has 4 nitrogen and oxygen atoms in total. The number of hydrogen-bond acceptors (Lipinski definition) is 3. The van der Waals surface area contributed by atoms with Crippen molar-refractivity contribution in [2.24, 2.45) is 16.5 Å². The van der Waals surface area contributed by atoms with Crippen LogP contribution in [-0.4, -0.2) is 5.29 Å². The van der Waals surface area contributed by atoms with E-state index in [1.165, 1.54) is 0 Å². The molecule has 0 aliphatic rings. The van der Waals surface area contributed by atoms with Gasteiger partial charge in [-0.15, -0.1) is 0 Å². The second kappa shape index (κ2) is 4.11. The molecule has 1 aromatic carbocycles. The van der Waals surface area contributed by atoms with Crippen LogP contribution in [-0.2, 0) is 0 Å². The first-order valence-electron chi connectivity index (χ1n) is 3.69. The second-order valence-electron chi connectivity index (χ2n) is 2.56. The van der Waals surface area contributed by atoms with Gasteiger partial charge in [0.1, 0.15) is 6.17 Å². The molecule has 1 atom stereocenters. The number of nitrogens with zero attached hydrogens (tertiary/aromatic N) is 1. The van der Waals surface area contributed by atoms with Crippen LogP contribution in [0, 0.1) is 0 Å². The maximum absolute atomic E-state index is 5.65. The van der Waals surface area contributed by atoms with Gasteiger partial charge in [0, 0.05) is 5.69 Å². The highest BCUT2D eigenvalue weighted by Crippen LogP contribution is 2.13. The fraction of sp³-hybridized carbons (Fsp3) is 0.125. The summed E-state index contributed by atoms with van der Waals surface area (Å²) < 4.78 is 0. The summed E-state index contributed by atoms with van der Waals surface area (Å²) in [5.41, 5.74) is 17.8. The van der Waals surface area contributed by atoms with E-state index < -0.39 is 6.17 Å². The van der Waals surface area contributed by atoms with Crippen molar-refractivity contribution in [2.45, 2.75) is 6.17 Å². The molecule has 0 radical (unpaired) electrons. The Bertz CT molecular complexity index is 302. The Morgan fingerprint density at radius 3 is 2.31 bits per heavy atom. The number of aliphatic imine (C=N–C) groups is 1. The molecule has 0 aliphatic carbocycles. The van der Waals surface area contributed by atoms with Gasteiger partial charge in [0.15, 0.2) is 5.29 Å². The van der Waals surface area contributed by atoms with Crippen molar-refractivity contribution in [1.29, 1.82) is 0 Å². The van der Waals surface area contributed by atoms with E-state index in [-0.39, 0.29) is 5.29 Å². The number of nitrogen functional groups attached to an aromatic ring is 1. The van der Waals surface area contributed by atoms with Crippen molar-refractivity contribution >= 4 is 22.6 Å². The van der Waals surface area contributed by atoms with Crippen LogP contribution >= 0.6 is 11.6 Å². The molecule has 0 bridgehead atoms. The fourth-order valence-electron chi connectivity index (χ4n) is 0.901. The molecular weight excluding hydrogens is 188 g/mol. The molecule has 1 unspecified atom stereocenters. The smallest absolute Gasteiger partial charge is 0.190 e. The highest BCUT2D eigenvalue weighted by Gasteiger charge is 2.02. The predicted octanol–water partition coefficient (Wildman–Crippen LogP) is 0.780. The zero-order chi connectivity index (χ0) is 9.84. The lowest BCUT2D eigenvalue weighted by molar-refractivity contribution is 0.777. The van der Waals surface area contributed by atoms with Crippen molar-refractivity contribution < 1.29 is 0 Å². The minimum absolute atomic E-state index is 0.0516. The third kappa shape index (κ3) is 2.93. The number of amidine groups is 1. The lowest BCUT2D eigenvalue weighted by Gasteiger charge is -2.06. The standard InChI is InChI=1S/C8H11ClN4/c9-8(12)13-7(11)5-1-3-6(10)4-2-5/h1-4,7H,10-11H2,(H2,12,13). The monoisotopic (exact) mass is 198 g/mol. The zero-order valence-corrected chi connectivity index (χ0v) is 7.70. The number of halogens is 1. The third-order valence-electron chi connectivity index (χ3n) is 1.54. The average molecular weight is 199 g/mol. The molecule has 0 aliphatic heterocycles. The summed E-state index contributed by atoms with van der Waals surface area (Å²) in [4.78, 5) is 3.77. The Balaban J connectivity index is 2.83. The van der Waals surface area contributed by atoms with Crippen LogP contribution in [0.5, 0.6) is 0 Å². The maximum atomic E-state index is 5.65. The Kier molecular flexibility index (Phi) is 3.11. The normalized spacial score (nSPS) is 14.2. The number of anilines is 1. The summed E-state index contributed by atoms with van der Waals surface area (Å²) in [5.74, 6) is 0. The van der Waals surface area contributed by atoms with Crippen molar-refractivity contribution in [3.63, 3.8) is 0 Å². The summed E-state index contributed by atoms with van der Waals surface area (Å²) in [6, 6.07) is 7.05. The minimum Gasteiger partial charge on any atom is -0.399 e. The van der Waals surface area contributed by atoms with Crippen molar-refractivity contribution in [3.8, 4) is 0 Å². The highest BCUT2D eigenvalue weighted by molar-refractivity contribution is 6.64. The van der Waals surface area contributed by atoms with E-state index in [0.29, 0.717) is 5.69 Å². The van der Waals surface area contributed by atoms with Crippen LogP contribution in [0.4, 0.5) is 5.69 Å². The van der Waals surface area contributed by atoms with Gasteiger partial charge in [0.25, 0.3) is 0 Å². The van der Waals surface area contributed by atoms with Gasteiger partial charge in [-0.1, -0.05) is 12.1 Å². The average Bonchev–Trinajstić information content (AvgIpc) is 2.04. The van der Waals surface area contributed by atoms with Crippen LogP contribution in [0.15, 0.2) is 29.3 Å². The Morgan fingerprint density at radius 2 is 1.85 bits per heavy atom. The molecule has 0 saturated heterocycles. The zero-order valence-electron chi connectivity index (χ0n) is 6.94. The van der Waals surface area contributed by atoms with Gasteiger partial charge in [-0.3, -0.25) is 0 Å². The van der Waals surface area contributed by atoms with E-state index in [0.717, 1.165) is 5.56 Å². The van der Waals surface area contributed by atoms with Gasteiger partial charge < -0.3 is 17.2 Å². The van der Waals surface area contributed by atoms with Crippen LogP contribution in [0.25, 0.3) is 0 Å². The van der Waals surface area contributed by atoms with Gasteiger partial charge in [-0.2, -0.15) is 0 Å². The molecule has 0 amide bonds. The quantitative estimate of drug-likeness (QED) is 0.284. The van der Waals surface area contributed by atoms with E-state index in [4.69, 9.17) is 28.8 Å². The lowest BCUT2D eigenvalue weighted by atomic mass is 10.2. The summed E-state index contributed by atoms with van der Waals surface area (Å²) in [5, 5.41) is -0.0516. The lowest BCUT2D eigenvalue weighted by Crippen LogP contribution is -2.12. The number of benzene rings is 1. The largest absolute Gasteiger partial charge is 0.399 e. The summed E-state index contributed by atoms with van der Waals surface area (Å²) in [6.45, 7) is 0. The van der Waals surface area contributed by atoms with Crippen LogP contribution in [0.2, 0.25) is 0 Å². The van der Waals surface area contributed by atoms with Gasteiger partial charge in [-0.05, 0) is 29.3 Å². The first-order valence-corrected chi connectivity index (χ1v) is 4.07. The molecule has 6 N–H and O–H groups in total. The van der Waals surface area contributed by atoms with Gasteiger partial charge in [-0.25, -0.2) is 4.99 Å². The van der Waals surface area contributed by atoms with Gasteiger partial charge in [0.05, 0.1) is 0 Å². The first-order chi connectivity index (χ1) is 6.09. The molecule has 0 fully saturated rings. The molecule has 0 spiro atoms. The molecule has 0 heterocycles. The molecule has 70 valence electrons. The van der Waals surface area contributed by atoms with E-state index in [2.05, 4.69) is 4.99 Å². The Morgan fingerprint density at radius 1 is 1.31 bits per heavy atom. The van der Waals surface area contributed by atoms with Crippen molar-refractivity contribution in [3.05, 3.63) is 29.8 Å². The summed E-state index contributed by atoms with van der Waals surface area (Å²) in [7, 11) is 0. The number of hydrogen-bond donors (Lipinski definition) is 3. The third-order valence-corrected chi connectivity index (χ3v) is 1.64. The SMILES string of the molecule is N/C(Cl)=N\C(N)c1ccc(N)cc1. The second-order valence-corrected chi connectivity index (χ2v) is 2.95. The molecule has 1 rings (SSSR count). The number of nitrogens with two attached hydrogens (primary N) is 3. The van der Waals surface area contributed by atoms with Gasteiger partial charge >= 0.3 is 0 Å². The predicted molar refractivity (Wildman–Crippen MR) is 55.3 cm³/mol. The fourth-order valence-corrected chi connectivity index (χ4v) is 1.01. The van der Waals surface area contributed by atoms with E-state index in [1.54, 1.807) is 24.3 Å². The van der Waals surface area contributed by atoms with Crippen LogP contribution in [0.1, 0.15) is 11.7 Å². The molecule has 0 saturated carbocycles. The van der Waals surface area contributed by atoms with Gasteiger partial charge in [0.2, 0.25) is 0 Å². The molecular formula is C8H11ClN4. The van der Waals surface area contributed by atoms with Crippen LogP contribution in [0.3, 0.4) is 0 Å². The van der Waals surface area contributed by atoms with E-state index in [1.807, 2.05) is 0 Å². The summed E-state index contributed by atoms with van der Waals surface area (Å²) in [6.07, 6.45) is -0.530. The van der Waals surface area contributed by atoms with E-state index in [9.17, 15) is 0 Å². The Hall–Kier alpha value is -1.26. The maximum Gasteiger partial charge on any atom is 0.190 e. The van der Waals surface area contributed by atoms with Crippen molar-refractivity contribution in [1.82, 2.24) is 0 Å². The molecule has 5 heteroatoms. The topological polar surface area (TPSA) is 90.4 Å². The summed E-state index contributed by atoms with van der Waals surface area (Å²) >= 11 is 5.38. The number of rotatable bonds is 2. The minimum atomic E-state index is -0.530. The van der Waals surface area contributed by atoms with Crippen molar-refractivity contribution in [2.75, 3.05) is 5.73 Å². The molecule has 0 aromatic heterocycles. The van der Waals surface area contributed by atoms with Crippen LogP contribution < -0.4 is 17.2 Å². The Labute approximate surface area is 81.4 Å². The first kappa shape index (κ1) is 9.83. The van der Waals surface area contributed by atoms with E-state index >= 15 is 0 Å². The molecule has 13 heavy (non-hydrogen) atoms. The highest BCUT2D eigenvalue weighted by atomic mass is 35.5. The molecule has 1 aromatic rings.